The Morgan fingerprint density at radius 1 is 1.04 bits per heavy atom. The van der Waals surface area contributed by atoms with Crippen molar-refractivity contribution in [2.45, 2.75) is 13.0 Å². The predicted molar refractivity (Wildman–Crippen MR) is 108 cm³/mol. The van der Waals surface area contributed by atoms with Crippen LogP contribution in [0, 0.1) is 6.92 Å². The van der Waals surface area contributed by atoms with Crippen molar-refractivity contribution in [2.75, 3.05) is 39.4 Å². The normalized spacial score (nSPS) is 15.6. The van der Waals surface area contributed by atoms with Crippen molar-refractivity contribution in [3.05, 3.63) is 71.3 Å². The second kappa shape index (κ2) is 10.0. The number of morpholine rings is 1. The zero-order valence-corrected chi connectivity index (χ0v) is 16.2. The smallest absolute Gasteiger partial charge is 0.251 e. The van der Waals surface area contributed by atoms with Crippen molar-refractivity contribution in [1.82, 2.24) is 15.5 Å². The van der Waals surface area contributed by atoms with Gasteiger partial charge in [0.15, 0.2) is 0 Å². The Kier molecular flexibility index (Phi) is 7.17. The summed E-state index contributed by atoms with van der Waals surface area (Å²) in [6, 6.07) is 16.9. The second-order valence-corrected chi connectivity index (χ2v) is 6.99. The third kappa shape index (κ3) is 5.90. The molecule has 6 nitrogen and oxygen atoms in total. The van der Waals surface area contributed by atoms with E-state index in [0.717, 1.165) is 18.7 Å². The number of hydrogen-bond acceptors (Lipinski definition) is 4. The van der Waals surface area contributed by atoms with E-state index in [1.165, 1.54) is 5.56 Å². The first-order valence-corrected chi connectivity index (χ1v) is 9.61. The summed E-state index contributed by atoms with van der Waals surface area (Å²) in [5.41, 5.74) is 2.77. The summed E-state index contributed by atoms with van der Waals surface area (Å²) in [5.74, 6) is -0.459. The molecule has 0 saturated carbocycles. The van der Waals surface area contributed by atoms with E-state index in [4.69, 9.17) is 4.74 Å². The summed E-state index contributed by atoms with van der Waals surface area (Å²) in [6.45, 7) is 5.82. The number of amides is 2. The Balaban J connectivity index is 1.60. The molecule has 0 bridgehead atoms. The van der Waals surface area contributed by atoms with Gasteiger partial charge in [-0.15, -0.1) is 0 Å². The Labute approximate surface area is 165 Å². The maximum absolute atomic E-state index is 12.5. The van der Waals surface area contributed by atoms with Crippen LogP contribution in [0.15, 0.2) is 54.6 Å². The van der Waals surface area contributed by atoms with E-state index in [0.29, 0.717) is 25.3 Å². The molecule has 2 aromatic carbocycles. The highest BCUT2D eigenvalue weighted by Gasteiger charge is 2.20. The van der Waals surface area contributed by atoms with Crippen LogP contribution in [0.2, 0.25) is 0 Å². The van der Waals surface area contributed by atoms with Crippen molar-refractivity contribution in [3.63, 3.8) is 0 Å². The van der Waals surface area contributed by atoms with Crippen molar-refractivity contribution in [2.24, 2.45) is 0 Å². The fourth-order valence-electron chi connectivity index (χ4n) is 3.17. The van der Waals surface area contributed by atoms with E-state index >= 15 is 0 Å². The van der Waals surface area contributed by atoms with Gasteiger partial charge in [-0.25, -0.2) is 0 Å². The third-order valence-corrected chi connectivity index (χ3v) is 4.80. The molecule has 2 N–H and O–H groups in total. The molecule has 0 aliphatic carbocycles. The maximum Gasteiger partial charge on any atom is 0.251 e. The van der Waals surface area contributed by atoms with Crippen LogP contribution in [-0.4, -0.2) is 56.1 Å². The number of carbonyl (C=O) groups excluding carboxylic acids is 2. The summed E-state index contributed by atoms with van der Waals surface area (Å²) in [7, 11) is 0. The van der Waals surface area contributed by atoms with Gasteiger partial charge >= 0.3 is 0 Å². The van der Waals surface area contributed by atoms with Gasteiger partial charge in [-0.3, -0.25) is 14.5 Å². The summed E-state index contributed by atoms with van der Waals surface area (Å²) >= 11 is 0. The SMILES string of the molecule is Cc1ccc([C@@H](CN2CCOCC2)NC(=O)CNC(=O)c2ccccc2)cc1. The molecule has 1 heterocycles. The number of carbonyl (C=O) groups is 2. The van der Waals surface area contributed by atoms with Gasteiger partial charge < -0.3 is 15.4 Å². The molecule has 28 heavy (non-hydrogen) atoms. The highest BCUT2D eigenvalue weighted by Crippen LogP contribution is 2.16. The van der Waals surface area contributed by atoms with Crippen LogP contribution in [0.25, 0.3) is 0 Å². The van der Waals surface area contributed by atoms with E-state index in [1.807, 2.05) is 37.3 Å². The Hall–Kier alpha value is -2.70. The lowest BCUT2D eigenvalue weighted by Gasteiger charge is -2.31. The summed E-state index contributed by atoms with van der Waals surface area (Å²) < 4.78 is 5.41. The molecular weight excluding hydrogens is 354 g/mol. The summed E-state index contributed by atoms with van der Waals surface area (Å²) in [5, 5.41) is 5.75. The van der Waals surface area contributed by atoms with E-state index < -0.39 is 0 Å². The second-order valence-electron chi connectivity index (χ2n) is 6.99. The molecule has 0 radical (unpaired) electrons. The molecule has 6 heteroatoms. The van der Waals surface area contributed by atoms with Gasteiger partial charge in [0.1, 0.15) is 0 Å². The van der Waals surface area contributed by atoms with E-state index in [-0.39, 0.29) is 24.4 Å². The molecule has 0 unspecified atom stereocenters. The molecule has 1 atom stereocenters. The number of hydrogen-bond donors (Lipinski definition) is 2. The molecule has 0 spiro atoms. The third-order valence-electron chi connectivity index (χ3n) is 4.80. The van der Waals surface area contributed by atoms with E-state index in [2.05, 4.69) is 15.5 Å². The molecule has 3 rings (SSSR count). The Morgan fingerprint density at radius 2 is 1.71 bits per heavy atom. The highest BCUT2D eigenvalue weighted by atomic mass is 16.5. The molecule has 1 fully saturated rings. The van der Waals surface area contributed by atoms with Crippen LogP contribution in [0.1, 0.15) is 27.5 Å². The van der Waals surface area contributed by atoms with Gasteiger partial charge in [0.25, 0.3) is 5.91 Å². The van der Waals surface area contributed by atoms with Crippen LogP contribution in [0.5, 0.6) is 0 Å². The van der Waals surface area contributed by atoms with E-state index in [9.17, 15) is 9.59 Å². The van der Waals surface area contributed by atoms with Gasteiger partial charge in [-0.05, 0) is 24.6 Å². The molecule has 1 aliphatic rings. The fraction of sp³-hybridized carbons (Fsp3) is 0.364. The standard InChI is InChI=1S/C22H27N3O3/c1-17-7-9-18(10-8-17)20(16-25-11-13-28-14-12-25)24-21(26)15-23-22(27)19-5-3-2-4-6-19/h2-10,20H,11-16H2,1H3,(H,23,27)(H,24,26)/t20-/m1/s1. The van der Waals surface area contributed by atoms with Gasteiger partial charge in [-0.2, -0.15) is 0 Å². The molecule has 1 aliphatic heterocycles. The topological polar surface area (TPSA) is 70.7 Å². The predicted octanol–water partition coefficient (Wildman–Crippen LogP) is 1.91. The number of ether oxygens (including phenoxy) is 1. The number of nitrogens with one attached hydrogen (secondary N) is 2. The quantitative estimate of drug-likeness (QED) is 0.769. The van der Waals surface area contributed by atoms with Gasteiger partial charge in [0.05, 0.1) is 25.8 Å². The fourth-order valence-corrected chi connectivity index (χ4v) is 3.17. The van der Waals surface area contributed by atoms with Crippen molar-refractivity contribution < 1.29 is 14.3 Å². The lowest BCUT2D eigenvalue weighted by atomic mass is 10.0. The first kappa shape index (κ1) is 20.0. The summed E-state index contributed by atoms with van der Waals surface area (Å²) in [4.78, 5) is 26.9. The van der Waals surface area contributed by atoms with Crippen LogP contribution in [-0.2, 0) is 9.53 Å². The zero-order chi connectivity index (χ0) is 19.8. The number of nitrogens with zero attached hydrogens (tertiary/aromatic N) is 1. The van der Waals surface area contributed by atoms with Crippen LogP contribution < -0.4 is 10.6 Å². The van der Waals surface area contributed by atoms with Crippen LogP contribution in [0.4, 0.5) is 0 Å². The first-order chi connectivity index (χ1) is 13.6. The Morgan fingerprint density at radius 3 is 2.39 bits per heavy atom. The molecule has 2 aromatic rings. The largest absolute Gasteiger partial charge is 0.379 e. The minimum atomic E-state index is -0.254. The molecule has 148 valence electrons. The monoisotopic (exact) mass is 381 g/mol. The molecule has 1 saturated heterocycles. The summed E-state index contributed by atoms with van der Waals surface area (Å²) in [6.07, 6.45) is 0. The van der Waals surface area contributed by atoms with Crippen molar-refractivity contribution >= 4 is 11.8 Å². The minimum Gasteiger partial charge on any atom is -0.379 e. The van der Waals surface area contributed by atoms with Crippen molar-refractivity contribution in [3.8, 4) is 0 Å². The molecular formula is C22H27N3O3. The Bertz CT molecular complexity index is 771. The highest BCUT2D eigenvalue weighted by molar-refractivity contribution is 5.96. The molecule has 2 amide bonds. The number of rotatable bonds is 7. The van der Waals surface area contributed by atoms with Crippen LogP contribution in [0.3, 0.4) is 0 Å². The van der Waals surface area contributed by atoms with Crippen molar-refractivity contribution in [1.29, 1.82) is 0 Å². The zero-order valence-electron chi connectivity index (χ0n) is 16.2. The van der Waals surface area contributed by atoms with Gasteiger partial charge in [0, 0.05) is 25.2 Å². The van der Waals surface area contributed by atoms with E-state index in [1.54, 1.807) is 24.3 Å². The number of benzene rings is 2. The van der Waals surface area contributed by atoms with Crippen LogP contribution >= 0.6 is 0 Å². The lowest BCUT2D eigenvalue weighted by Crippen LogP contribution is -2.45. The maximum atomic E-state index is 12.5. The average molecular weight is 381 g/mol. The minimum absolute atomic E-state index is 0.0563. The number of aryl methyl sites for hydroxylation is 1. The molecule has 0 aromatic heterocycles. The van der Waals surface area contributed by atoms with Gasteiger partial charge in [-0.1, -0.05) is 48.0 Å². The lowest BCUT2D eigenvalue weighted by molar-refractivity contribution is -0.121. The average Bonchev–Trinajstić information content (AvgIpc) is 2.73. The first-order valence-electron chi connectivity index (χ1n) is 9.61. The van der Waals surface area contributed by atoms with Gasteiger partial charge in [0.2, 0.25) is 5.91 Å².